The van der Waals surface area contributed by atoms with Crippen LogP contribution in [0.15, 0.2) is 52.9 Å². The van der Waals surface area contributed by atoms with E-state index in [9.17, 15) is 0 Å². The first kappa shape index (κ1) is 17.2. The number of oxazole rings is 1. The number of aromatic nitrogens is 1. The molecule has 3 aromatic rings. The number of nitrogens with one attached hydrogen (secondary N) is 1. The Balaban J connectivity index is 1.35. The molecule has 1 saturated carbocycles. The van der Waals surface area contributed by atoms with Crippen LogP contribution in [-0.4, -0.2) is 17.1 Å². The minimum Gasteiger partial charge on any atom is -0.436 e. The maximum absolute atomic E-state index is 6.21. The normalized spacial score (nSPS) is 21.0. The predicted molar refractivity (Wildman–Crippen MR) is 102 cm³/mol. The second-order valence-electron chi connectivity index (χ2n) is 7.00. The molecule has 1 aromatic heterocycles. The average Bonchev–Trinajstić information content (AvgIpc) is 3.00. The number of hydrogen-bond donors (Lipinski definition) is 2. The molecule has 0 saturated heterocycles. The van der Waals surface area contributed by atoms with Crippen molar-refractivity contribution in [3.63, 3.8) is 0 Å². The number of benzene rings is 2. The van der Waals surface area contributed by atoms with Gasteiger partial charge in [-0.1, -0.05) is 43.5 Å². The number of fused-ring (bicyclic) bond motifs is 1. The lowest BCUT2D eigenvalue weighted by atomic mass is 10.1. The highest BCUT2D eigenvalue weighted by Crippen LogP contribution is 2.24. The number of hydrogen-bond acceptors (Lipinski definition) is 5. The highest BCUT2D eigenvalue weighted by atomic mass is 16.6. The first-order valence-corrected chi connectivity index (χ1v) is 9.37. The Bertz CT molecular complexity index is 811. The quantitative estimate of drug-likeness (QED) is 0.533. The fourth-order valence-electron chi connectivity index (χ4n) is 3.45. The summed E-state index contributed by atoms with van der Waals surface area (Å²) in [7, 11) is 0. The van der Waals surface area contributed by atoms with Gasteiger partial charge in [0.05, 0.1) is 6.61 Å². The van der Waals surface area contributed by atoms with Crippen molar-refractivity contribution in [2.75, 3.05) is 0 Å². The first-order valence-electron chi connectivity index (χ1n) is 9.37. The van der Waals surface area contributed by atoms with E-state index in [0.29, 0.717) is 12.5 Å². The zero-order valence-electron chi connectivity index (χ0n) is 14.9. The molecule has 1 aliphatic carbocycles. The molecule has 4 rings (SSSR count). The number of para-hydroxylation sites is 2. The van der Waals surface area contributed by atoms with E-state index in [1.165, 1.54) is 19.3 Å². The SMILES string of the molecule is N[C@@H]1CCCCC[C@H]1NOCc1ccc(-c2nc3ccccc3o2)cc1. The molecule has 0 amide bonds. The summed E-state index contributed by atoms with van der Waals surface area (Å²) < 4.78 is 5.81. The highest BCUT2D eigenvalue weighted by Gasteiger charge is 2.20. The van der Waals surface area contributed by atoms with E-state index < -0.39 is 0 Å². The van der Waals surface area contributed by atoms with E-state index in [-0.39, 0.29) is 12.1 Å². The van der Waals surface area contributed by atoms with Crippen LogP contribution in [0.5, 0.6) is 0 Å². The summed E-state index contributed by atoms with van der Waals surface area (Å²) in [6.07, 6.45) is 5.85. The molecule has 0 aliphatic heterocycles. The number of hydroxylamine groups is 1. The monoisotopic (exact) mass is 351 g/mol. The van der Waals surface area contributed by atoms with Crippen LogP contribution >= 0.6 is 0 Å². The molecular weight excluding hydrogens is 326 g/mol. The summed E-state index contributed by atoms with van der Waals surface area (Å²) in [5.41, 5.74) is 13.1. The van der Waals surface area contributed by atoms with E-state index in [1.807, 2.05) is 48.5 Å². The third-order valence-corrected chi connectivity index (χ3v) is 5.04. The molecule has 2 atom stereocenters. The van der Waals surface area contributed by atoms with Crippen LogP contribution in [0.4, 0.5) is 0 Å². The van der Waals surface area contributed by atoms with Crippen molar-refractivity contribution in [1.29, 1.82) is 0 Å². The predicted octanol–water partition coefficient (Wildman–Crippen LogP) is 4.18. The second-order valence-corrected chi connectivity index (χ2v) is 7.00. The topological polar surface area (TPSA) is 73.3 Å². The Hall–Kier alpha value is -2.21. The first-order chi connectivity index (χ1) is 12.8. The Morgan fingerprint density at radius 2 is 1.85 bits per heavy atom. The Morgan fingerprint density at radius 3 is 2.69 bits per heavy atom. The number of nitrogens with two attached hydrogens (primary N) is 1. The summed E-state index contributed by atoms with van der Waals surface area (Å²) in [5, 5.41) is 0. The zero-order valence-corrected chi connectivity index (χ0v) is 14.9. The van der Waals surface area contributed by atoms with Crippen molar-refractivity contribution < 1.29 is 9.25 Å². The molecular formula is C21H25N3O2. The molecule has 1 aliphatic rings. The molecule has 0 radical (unpaired) electrons. The van der Waals surface area contributed by atoms with Gasteiger partial charge in [-0.05, 0) is 42.7 Å². The molecule has 2 aromatic carbocycles. The van der Waals surface area contributed by atoms with Crippen LogP contribution in [-0.2, 0) is 11.4 Å². The van der Waals surface area contributed by atoms with Gasteiger partial charge in [0, 0.05) is 17.6 Å². The minimum atomic E-state index is 0.180. The summed E-state index contributed by atoms with van der Waals surface area (Å²) in [6.45, 7) is 0.511. The van der Waals surface area contributed by atoms with Crippen LogP contribution in [0.3, 0.4) is 0 Å². The molecule has 1 fully saturated rings. The molecule has 0 bridgehead atoms. The Kier molecular flexibility index (Phi) is 5.29. The molecule has 3 N–H and O–H groups in total. The summed E-state index contributed by atoms with van der Waals surface area (Å²) in [4.78, 5) is 10.2. The lowest BCUT2D eigenvalue weighted by Crippen LogP contribution is -2.44. The van der Waals surface area contributed by atoms with Crippen molar-refractivity contribution in [3.05, 3.63) is 54.1 Å². The third kappa shape index (κ3) is 3.96. The van der Waals surface area contributed by atoms with Gasteiger partial charge in [-0.25, -0.2) is 4.98 Å². The zero-order chi connectivity index (χ0) is 17.8. The largest absolute Gasteiger partial charge is 0.436 e. The van der Waals surface area contributed by atoms with E-state index in [1.54, 1.807) is 0 Å². The molecule has 1 heterocycles. The van der Waals surface area contributed by atoms with Gasteiger partial charge in [-0.3, -0.25) is 4.84 Å². The number of rotatable bonds is 5. The van der Waals surface area contributed by atoms with Crippen molar-refractivity contribution >= 4 is 11.1 Å². The van der Waals surface area contributed by atoms with Crippen LogP contribution in [0, 0.1) is 0 Å². The average molecular weight is 351 g/mol. The smallest absolute Gasteiger partial charge is 0.227 e. The van der Waals surface area contributed by atoms with Gasteiger partial charge in [-0.2, -0.15) is 5.48 Å². The van der Waals surface area contributed by atoms with E-state index in [0.717, 1.165) is 35.1 Å². The minimum absolute atomic E-state index is 0.180. The van der Waals surface area contributed by atoms with Crippen LogP contribution < -0.4 is 11.2 Å². The Labute approximate surface area is 153 Å². The van der Waals surface area contributed by atoms with Gasteiger partial charge in [0.1, 0.15) is 5.52 Å². The lowest BCUT2D eigenvalue weighted by molar-refractivity contribution is -0.00370. The van der Waals surface area contributed by atoms with Crippen LogP contribution in [0.25, 0.3) is 22.6 Å². The van der Waals surface area contributed by atoms with E-state index in [2.05, 4.69) is 10.5 Å². The highest BCUT2D eigenvalue weighted by molar-refractivity contribution is 5.75. The molecule has 0 unspecified atom stereocenters. The van der Waals surface area contributed by atoms with E-state index in [4.69, 9.17) is 15.0 Å². The fourth-order valence-corrected chi connectivity index (χ4v) is 3.45. The van der Waals surface area contributed by atoms with Gasteiger partial charge in [0.25, 0.3) is 0 Å². The molecule has 26 heavy (non-hydrogen) atoms. The van der Waals surface area contributed by atoms with Crippen LogP contribution in [0.2, 0.25) is 0 Å². The van der Waals surface area contributed by atoms with Crippen molar-refractivity contribution in [2.45, 2.75) is 50.8 Å². The number of nitrogens with zero attached hydrogens (tertiary/aromatic N) is 1. The van der Waals surface area contributed by atoms with Crippen LogP contribution in [0.1, 0.15) is 37.7 Å². The van der Waals surface area contributed by atoms with Crippen molar-refractivity contribution in [3.8, 4) is 11.5 Å². The molecule has 5 nitrogen and oxygen atoms in total. The van der Waals surface area contributed by atoms with Gasteiger partial charge in [-0.15, -0.1) is 0 Å². The van der Waals surface area contributed by atoms with E-state index >= 15 is 0 Å². The standard InChI is InChI=1S/C21H25N3O2/c22-17-6-2-1-3-7-18(17)24-25-14-15-10-12-16(13-11-15)21-23-19-8-4-5-9-20(19)26-21/h4-5,8-13,17-18,24H,1-3,6-7,14,22H2/t17-,18-/m1/s1. The van der Waals surface area contributed by atoms with Crippen molar-refractivity contribution in [2.24, 2.45) is 5.73 Å². The second kappa shape index (κ2) is 7.99. The fraction of sp³-hybridized carbons (Fsp3) is 0.381. The van der Waals surface area contributed by atoms with Gasteiger partial charge in [0.2, 0.25) is 5.89 Å². The van der Waals surface area contributed by atoms with Gasteiger partial charge in [0.15, 0.2) is 5.58 Å². The van der Waals surface area contributed by atoms with Gasteiger partial charge < -0.3 is 10.2 Å². The Morgan fingerprint density at radius 1 is 1.04 bits per heavy atom. The summed E-state index contributed by atoms with van der Waals surface area (Å²) >= 11 is 0. The maximum atomic E-state index is 6.21. The molecule has 0 spiro atoms. The third-order valence-electron chi connectivity index (χ3n) is 5.04. The molecule has 5 heteroatoms. The van der Waals surface area contributed by atoms with Crippen molar-refractivity contribution in [1.82, 2.24) is 10.5 Å². The molecule has 136 valence electrons. The summed E-state index contributed by atoms with van der Waals surface area (Å²) in [6, 6.07) is 16.3. The summed E-state index contributed by atoms with van der Waals surface area (Å²) in [5.74, 6) is 0.640. The van der Waals surface area contributed by atoms with Gasteiger partial charge >= 0.3 is 0 Å². The maximum Gasteiger partial charge on any atom is 0.227 e. The lowest BCUT2D eigenvalue weighted by Gasteiger charge is -2.22.